The number of benzene rings is 3. The summed E-state index contributed by atoms with van der Waals surface area (Å²) in [7, 11) is -5.72. The minimum absolute atomic E-state index is 0.156. The van der Waals surface area contributed by atoms with Crippen LogP contribution in [0.15, 0.2) is 72.8 Å². The van der Waals surface area contributed by atoms with Crippen LogP contribution in [0.25, 0.3) is 0 Å². The summed E-state index contributed by atoms with van der Waals surface area (Å²) in [6.07, 6.45) is 0.583. The maximum atomic E-state index is 12.5. The van der Waals surface area contributed by atoms with Gasteiger partial charge < -0.3 is 4.18 Å². The van der Waals surface area contributed by atoms with Crippen molar-refractivity contribution in [2.24, 2.45) is 5.84 Å². The van der Waals surface area contributed by atoms with Crippen molar-refractivity contribution in [3.63, 3.8) is 0 Å². The van der Waals surface area contributed by atoms with Gasteiger partial charge in [-0.2, -0.15) is 21.6 Å². The maximum Gasteiger partial charge on any atom is 0.534 e. The molecule has 0 bridgehead atoms. The summed E-state index contributed by atoms with van der Waals surface area (Å²) < 4.78 is 64.1. The fraction of sp³-hybridized carbons (Fsp3) is 0.217. The van der Waals surface area contributed by atoms with Crippen molar-refractivity contribution in [1.29, 1.82) is 0 Å². The molecule has 11 heteroatoms. The number of rotatable bonds is 7. The number of hydrogen-bond donors (Lipinski definition) is 2. The first-order valence-corrected chi connectivity index (χ1v) is 12.2. The molecule has 0 amide bonds. The summed E-state index contributed by atoms with van der Waals surface area (Å²) in [4.78, 5) is 0. The van der Waals surface area contributed by atoms with Gasteiger partial charge in [-0.25, -0.2) is 0 Å². The van der Waals surface area contributed by atoms with Crippen LogP contribution in [0.1, 0.15) is 29.5 Å². The predicted octanol–water partition coefficient (Wildman–Crippen LogP) is 6.07. The Labute approximate surface area is 206 Å². The molecule has 1 unspecified atom stereocenters. The molecular weight excluding hydrogens is 512 g/mol. The average Bonchev–Trinajstić information content (AvgIpc) is 2.79. The second kappa shape index (κ2) is 12.4. The van der Waals surface area contributed by atoms with Gasteiger partial charge in [0.05, 0.1) is 0 Å². The van der Waals surface area contributed by atoms with Gasteiger partial charge in [0.1, 0.15) is 5.75 Å². The van der Waals surface area contributed by atoms with Crippen molar-refractivity contribution in [3.8, 4) is 5.75 Å². The molecule has 0 saturated heterocycles. The largest absolute Gasteiger partial charge is 0.534 e. The van der Waals surface area contributed by atoms with Crippen LogP contribution in [0.5, 0.6) is 5.75 Å². The van der Waals surface area contributed by atoms with E-state index in [0.717, 1.165) is 23.2 Å². The lowest BCUT2D eigenvalue weighted by Crippen LogP contribution is -2.28. The first-order chi connectivity index (χ1) is 16.0. The van der Waals surface area contributed by atoms with Crippen LogP contribution in [0.3, 0.4) is 0 Å². The Morgan fingerprint density at radius 3 is 1.71 bits per heavy atom. The molecule has 0 aliphatic heterocycles. The number of halogens is 5. The monoisotopic (exact) mass is 534 g/mol. The van der Waals surface area contributed by atoms with Crippen molar-refractivity contribution in [3.05, 3.63) is 99.5 Å². The topological polar surface area (TPSA) is 81.4 Å². The van der Waals surface area contributed by atoms with Crippen molar-refractivity contribution in [1.82, 2.24) is 5.43 Å². The second-order valence-electron chi connectivity index (χ2n) is 7.04. The van der Waals surface area contributed by atoms with Gasteiger partial charge in [0.2, 0.25) is 0 Å². The molecule has 0 spiro atoms. The van der Waals surface area contributed by atoms with Crippen molar-refractivity contribution >= 4 is 33.3 Å². The van der Waals surface area contributed by atoms with E-state index in [-0.39, 0.29) is 5.92 Å². The first kappa shape index (κ1) is 27.9. The standard InChI is InChI=1S/C21H15Cl2F3O3S.C2H8N2/c22-17-7-1-14(2-8-17)13-20(15-3-9-18(23)10-4-15)16-5-11-19(12-6-16)29-30(27,28)21(24,25)26;1-2-4-3/h1-12,20H,13H2;4H,2-3H2,1H3. The Kier molecular flexibility index (Phi) is 10.2. The summed E-state index contributed by atoms with van der Waals surface area (Å²) in [6, 6.07) is 20.0. The summed E-state index contributed by atoms with van der Waals surface area (Å²) in [5, 5.41) is 1.18. The van der Waals surface area contributed by atoms with Gasteiger partial charge in [0, 0.05) is 22.5 Å². The molecule has 0 aliphatic rings. The van der Waals surface area contributed by atoms with Crippen LogP contribution in [0.4, 0.5) is 13.2 Å². The molecule has 3 rings (SSSR count). The van der Waals surface area contributed by atoms with Crippen LogP contribution in [0.2, 0.25) is 10.0 Å². The molecule has 184 valence electrons. The lowest BCUT2D eigenvalue weighted by atomic mass is 9.86. The third-order valence-corrected chi connectivity index (χ3v) is 6.08. The quantitative estimate of drug-likeness (QED) is 0.166. The Morgan fingerprint density at radius 1 is 0.882 bits per heavy atom. The summed E-state index contributed by atoms with van der Waals surface area (Å²) >= 11 is 11.9. The minimum atomic E-state index is -5.72. The number of nitrogens with two attached hydrogens (primary N) is 1. The van der Waals surface area contributed by atoms with Crippen LogP contribution in [-0.2, 0) is 16.5 Å². The molecule has 5 nitrogen and oxygen atoms in total. The highest BCUT2D eigenvalue weighted by Crippen LogP contribution is 2.32. The Hall–Kier alpha value is -2.30. The van der Waals surface area contributed by atoms with Gasteiger partial charge in [-0.05, 0) is 59.5 Å². The van der Waals surface area contributed by atoms with Gasteiger partial charge in [0.15, 0.2) is 0 Å². The Morgan fingerprint density at radius 2 is 1.29 bits per heavy atom. The third kappa shape index (κ3) is 8.18. The Bertz CT molecular complexity index is 1140. The number of hydrazine groups is 1. The lowest BCUT2D eigenvalue weighted by Gasteiger charge is -2.19. The van der Waals surface area contributed by atoms with E-state index in [1.165, 1.54) is 24.3 Å². The molecule has 0 radical (unpaired) electrons. The zero-order chi connectivity index (χ0) is 25.4. The highest BCUT2D eigenvalue weighted by molar-refractivity contribution is 7.88. The third-order valence-electron chi connectivity index (χ3n) is 4.60. The van der Waals surface area contributed by atoms with Gasteiger partial charge in [0.25, 0.3) is 0 Å². The average molecular weight is 535 g/mol. The molecule has 0 aliphatic carbocycles. The number of hydrogen-bond acceptors (Lipinski definition) is 5. The van der Waals surface area contributed by atoms with Crippen molar-refractivity contribution < 1.29 is 25.8 Å². The summed E-state index contributed by atoms with van der Waals surface area (Å²) in [5.74, 6) is 4.20. The Balaban J connectivity index is 0.000000945. The van der Waals surface area contributed by atoms with E-state index in [1.54, 1.807) is 24.3 Å². The zero-order valence-corrected chi connectivity index (χ0v) is 20.3. The predicted molar refractivity (Wildman–Crippen MR) is 128 cm³/mol. The second-order valence-corrected chi connectivity index (χ2v) is 9.46. The van der Waals surface area contributed by atoms with Crippen LogP contribution < -0.4 is 15.5 Å². The van der Waals surface area contributed by atoms with Crippen LogP contribution in [0, 0.1) is 0 Å². The van der Waals surface area contributed by atoms with E-state index < -0.39 is 21.4 Å². The summed E-state index contributed by atoms with van der Waals surface area (Å²) in [6.45, 7) is 2.79. The molecule has 0 aromatic heterocycles. The molecule has 0 saturated carbocycles. The zero-order valence-electron chi connectivity index (χ0n) is 18.0. The SMILES string of the molecule is CCNN.O=S(=O)(Oc1ccc(C(Cc2ccc(Cl)cc2)c2ccc(Cl)cc2)cc1)C(F)(F)F. The van der Waals surface area contributed by atoms with Gasteiger partial charge >= 0.3 is 15.6 Å². The van der Waals surface area contributed by atoms with Crippen molar-refractivity contribution in [2.45, 2.75) is 24.8 Å². The van der Waals surface area contributed by atoms with E-state index >= 15 is 0 Å². The molecule has 3 aromatic carbocycles. The van der Waals surface area contributed by atoms with E-state index in [4.69, 9.17) is 29.0 Å². The van der Waals surface area contributed by atoms with Gasteiger partial charge in [-0.15, -0.1) is 0 Å². The van der Waals surface area contributed by atoms with Crippen molar-refractivity contribution in [2.75, 3.05) is 6.54 Å². The normalized spacial score (nSPS) is 12.4. The summed E-state index contributed by atoms with van der Waals surface area (Å²) in [5.41, 5.74) is -0.360. The maximum absolute atomic E-state index is 12.5. The smallest absolute Gasteiger partial charge is 0.376 e. The van der Waals surface area contributed by atoms with E-state index in [1.807, 2.05) is 31.2 Å². The lowest BCUT2D eigenvalue weighted by molar-refractivity contribution is -0.0500. The molecule has 34 heavy (non-hydrogen) atoms. The van der Waals surface area contributed by atoms with Gasteiger partial charge in [-0.3, -0.25) is 11.3 Å². The number of alkyl halides is 3. The van der Waals surface area contributed by atoms with Crippen LogP contribution >= 0.6 is 23.2 Å². The van der Waals surface area contributed by atoms with Crippen LogP contribution in [-0.4, -0.2) is 20.5 Å². The highest BCUT2D eigenvalue weighted by Gasteiger charge is 2.48. The fourth-order valence-corrected chi connectivity index (χ4v) is 3.62. The first-order valence-electron chi connectivity index (χ1n) is 10.0. The fourth-order valence-electron chi connectivity index (χ4n) is 2.91. The molecule has 0 fully saturated rings. The highest BCUT2D eigenvalue weighted by atomic mass is 35.5. The van der Waals surface area contributed by atoms with E-state index in [9.17, 15) is 21.6 Å². The molecular formula is C23H23Cl2F3N2O3S. The molecule has 3 aromatic rings. The van der Waals surface area contributed by atoms with E-state index in [2.05, 4.69) is 9.61 Å². The molecule has 0 heterocycles. The molecule has 3 N–H and O–H groups in total. The van der Waals surface area contributed by atoms with E-state index in [0.29, 0.717) is 16.5 Å². The minimum Gasteiger partial charge on any atom is -0.376 e. The van der Waals surface area contributed by atoms with Gasteiger partial charge in [-0.1, -0.05) is 66.5 Å². The number of nitrogens with one attached hydrogen (secondary N) is 1. The molecule has 1 atom stereocenters.